The lowest BCUT2D eigenvalue weighted by molar-refractivity contribution is 0.0692. The minimum atomic E-state index is -1.28. The number of rotatable bonds is 4. The van der Waals surface area contributed by atoms with Gasteiger partial charge in [-0.25, -0.2) is 18.9 Å². The molecule has 0 saturated carbocycles. The van der Waals surface area contributed by atoms with Gasteiger partial charge in [-0.2, -0.15) is 10.2 Å². The van der Waals surface area contributed by atoms with E-state index >= 15 is 0 Å². The van der Waals surface area contributed by atoms with Crippen molar-refractivity contribution in [3.63, 3.8) is 0 Å². The third-order valence-corrected chi connectivity index (χ3v) is 3.15. The van der Waals surface area contributed by atoms with Gasteiger partial charge < -0.3 is 10.4 Å². The highest BCUT2D eigenvalue weighted by atomic mass is 19.1. The van der Waals surface area contributed by atoms with Crippen molar-refractivity contribution in [3.05, 3.63) is 54.1 Å². The van der Waals surface area contributed by atoms with Gasteiger partial charge >= 0.3 is 5.97 Å². The Morgan fingerprint density at radius 1 is 1.33 bits per heavy atom. The van der Waals surface area contributed by atoms with Gasteiger partial charge in [-0.05, 0) is 18.2 Å². The number of hydrogen-bond acceptors (Lipinski definition) is 5. The second-order valence-corrected chi connectivity index (χ2v) is 4.83. The van der Waals surface area contributed by atoms with E-state index in [0.717, 1.165) is 6.07 Å². The molecule has 9 nitrogen and oxygen atoms in total. The maximum atomic E-state index is 14.1. The first kappa shape index (κ1) is 15.3. The maximum Gasteiger partial charge on any atom is 0.339 e. The van der Waals surface area contributed by atoms with Gasteiger partial charge in [0, 0.05) is 18.9 Å². The van der Waals surface area contributed by atoms with Gasteiger partial charge in [0.05, 0.1) is 0 Å². The van der Waals surface area contributed by atoms with Crippen LogP contribution in [0.5, 0.6) is 0 Å². The number of benzene rings is 1. The fourth-order valence-electron chi connectivity index (χ4n) is 2.11. The SMILES string of the molecule is Cn1cc(C(=O)O)c(C(=O)Nc2ccc(-n3cncn3)c(F)c2)n1. The van der Waals surface area contributed by atoms with E-state index in [0.29, 0.717) is 0 Å². The number of aromatic nitrogens is 5. The summed E-state index contributed by atoms with van der Waals surface area (Å²) in [4.78, 5) is 27.0. The number of aryl methyl sites for hydroxylation is 1. The highest BCUT2D eigenvalue weighted by molar-refractivity contribution is 6.09. The van der Waals surface area contributed by atoms with Crippen LogP contribution in [0.1, 0.15) is 20.8 Å². The topological polar surface area (TPSA) is 115 Å². The lowest BCUT2D eigenvalue weighted by Crippen LogP contribution is -2.16. The zero-order valence-electron chi connectivity index (χ0n) is 12.3. The predicted octanol–water partition coefficient (Wildman–Crippen LogP) is 1.09. The summed E-state index contributed by atoms with van der Waals surface area (Å²) in [5.74, 6) is -2.65. The number of carbonyl (C=O) groups excluding carboxylic acids is 1. The molecule has 0 unspecified atom stereocenters. The van der Waals surface area contributed by atoms with Gasteiger partial charge in [-0.15, -0.1) is 0 Å². The molecule has 0 bridgehead atoms. The molecule has 2 N–H and O–H groups in total. The largest absolute Gasteiger partial charge is 0.478 e. The lowest BCUT2D eigenvalue weighted by Gasteiger charge is -2.07. The molecule has 122 valence electrons. The van der Waals surface area contributed by atoms with Gasteiger partial charge in [0.15, 0.2) is 11.5 Å². The van der Waals surface area contributed by atoms with Crippen LogP contribution in [-0.4, -0.2) is 41.5 Å². The molecular formula is C14H11FN6O3. The zero-order valence-corrected chi connectivity index (χ0v) is 12.3. The van der Waals surface area contributed by atoms with Crippen molar-refractivity contribution < 1.29 is 19.1 Å². The number of halogens is 1. The number of amides is 1. The van der Waals surface area contributed by atoms with E-state index in [-0.39, 0.29) is 22.6 Å². The predicted molar refractivity (Wildman–Crippen MR) is 79.4 cm³/mol. The molecule has 3 rings (SSSR count). The molecule has 0 aliphatic carbocycles. The van der Waals surface area contributed by atoms with Crippen LogP contribution in [0.15, 0.2) is 37.1 Å². The standard InChI is InChI=1S/C14H11FN6O3/c1-20-5-9(14(23)24)12(19-20)13(22)18-8-2-3-11(10(15)4-8)21-7-16-6-17-21/h2-7H,1H3,(H,18,22)(H,23,24). The van der Waals surface area contributed by atoms with Crippen LogP contribution in [0.25, 0.3) is 5.69 Å². The van der Waals surface area contributed by atoms with E-state index < -0.39 is 17.7 Å². The van der Waals surface area contributed by atoms with Crippen molar-refractivity contribution in [1.82, 2.24) is 24.5 Å². The maximum absolute atomic E-state index is 14.1. The third kappa shape index (κ3) is 2.84. The summed E-state index contributed by atoms with van der Waals surface area (Å²) in [5.41, 5.74) is -0.182. The summed E-state index contributed by atoms with van der Waals surface area (Å²) < 4.78 is 16.6. The van der Waals surface area contributed by atoms with Crippen molar-refractivity contribution >= 4 is 17.6 Å². The Kier molecular flexibility index (Phi) is 3.78. The van der Waals surface area contributed by atoms with Crippen LogP contribution in [0.4, 0.5) is 10.1 Å². The van der Waals surface area contributed by atoms with Gasteiger partial charge in [0.1, 0.15) is 23.9 Å². The van der Waals surface area contributed by atoms with E-state index in [9.17, 15) is 14.0 Å². The van der Waals surface area contributed by atoms with Gasteiger partial charge in [0.25, 0.3) is 5.91 Å². The molecule has 2 aromatic heterocycles. The Hall–Kier alpha value is -3.56. The second-order valence-electron chi connectivity index (χ2n) is 4.83. The Morgan fingerprint density at radius 2 is 2.12 bits per heavy atom. The number of hydrogen-bond donors (Lipinski definition) is 2. The van der Waals surface area contributed by atoms with Crippen molar-refractivity contribution in [2.75, 3.05) is 5.32 Å². The average Bonchev–Trinajstić information content (AvgIpc) is 3.16. The molecular weight excluding hydrogens is 319 g/mol. The zero-order chi connectivity index (χ0) is 17.3. The summed E-state index contributed by atoms with van der Waals surface area (Å²) in [7, 11) is 1.50. The number of carbonyl (C=O) groups is 2. The monoisotopic (exact) mass is 330 g/mol. The summed E-state index contributed by atoms with van der Waals surface area (Å²) in [5, 5.41) is 19.1. The smallest absolute Gasteiger partial charge is 0.339 e. The highest BCUT2D eigenvalue weighted by Gasteiger charge is 2.21. The molecule has 10 heteroatoms. The molecule has 3 aromatic rings. The fraction of sp³-hybridized carbons (Fsp3) is 0.0714. The van der Waals surface area contributed by atoms with Crippen molar-refractivity contribution in [2.24, 2.45) is 7.05 Å². The molecule has 0 radical (unpaired) electrons. The average molecular weight is 330 g/mol. The summed E-state index contributed by atoms with van der Waals surface area (Å²) in [6.45, 7) is 0. The molecule has 0 aliphatic rings. The molecule has 0 atom stereocenters. The van der Waals surface area contributed by atoms with Crippen LogP contribution in [0.3, 0.4) is 0 Å². The number of nitrogens with one attached hydrogen (secondary N) is 1. The van der Waals surface area contributed by atoms with E-state index in [4.69, 9.17) is 5.11 Å². The molecule has 0 saturated heterocycles. The van der Waals surface area contributed by atoms with Crippen molar-refractivity contribution in [2.45, 2.75) is 0 Å². The molecule has 0 aliphatic heterocycles. The van der Waals surface area contributed by atoms with E-state index in [1.807, 2.05) is 0 Å². The summed E-state index contributed by atoms with van der Waals surface area (Å²) in [6.07, 6.45) is 3.82. The second kappa shape index (κ2) is 5.91. The number of carboxylic acid groups (broad SMARTS) is 1. The van der Waals surface area contributed by atoms with Crippen LogP contribution < -0.4 is 5.32 Å². The molecule has 24 heavy (non-hydrogen) atoms. The van der Waals surface area contributed by atoms with Crippen molar-refractivity contribution in [1.29, 1.82) is 0 Å². The number of nitrogens with zero attached hydrogens (tertiary/aromatic N) is 5. The quantitative estimate of drug-likeness (QED) is 0.740. The first-order valence-corrected chi connectivity index (χ1v) is 6.68. The first-order chi connectivity index (χ1) is 11.5. The van der Waals surface area contributed by atoms with Crippen LogP contribution in [0, 0.1) is 5.82 Å². The van der Waals surface area contributed by atoms with Crippen molar-refractivity contribution in [3.8, 4) is 5.69 Å². The Bertz CT molecular complexity index is 919. The number of anilines is 1. The van der Waals surface area contributed by atoms with Crippen LogP contribution >= 0.6 is 0 Å². The first-order valence-electron chi connectivity index (χ1n) is 6.68. The Morgan fingerprint density at radius 3 is 2.75 bits per heavy atom. The molecule has 1 aromatic carbocycles. The lowest BCUT2D eigenvalue weighted by atomic mass is 10.2. The third-order valence-electron chi connectivity index (χ3n) is 3.15. The van der Waals surface area contributed by atoms with E-state index in [1.54, 1.807) is 0 Å². The van der Waals surface area contributed by atoms with Gasteiger partial charge in [-0.1, -0.05) is 0 Å². The number of aromatic carboxylic acids is 1. The molecule has 0 fully saturated rings. The summed E-state index contributed by atoms with van der Waals surface area (Å²) in [6, 6.07) is 3.97. The molecule has 0 spiro atoms. The van der Waals surface area contributed by atoms with Gasteiger partial charge in [-0.3, -0.25) is 9.48 Å². The fourth-order valence-corrected chi connectivity index (χ4v) is 2.11. The van der Waals surface area contributed by atoms with Crippen LogP contribution in [-0.2, 0) is 7.05 Å². The highest BCUT2D eigenvalue weighted by Crippen LogP contribution is 2.18. The van der Waals surface area contributed by atoms with E-state index in [1.165, 1.54) is 47.4 Å². The Balaban J connectivity index is 1.85. The normalized spacial score (nSPS) is 10.6. The van der Waals surface area contributed by atoms with E-state index in [2.05, 4.69) is 20.5 Å². The minimum absolute atomic E-state index is 0.156. The molecule has 1 amide bonds. The van der Waals surface area contributed by atoms with Crippen LogP contribution in [0.2, 0.25) is 0 Å². The summed E-state index contributed by atoms with van der Waals surface area (Å²) >= 11 is 0. The Labute approximate surface area is 134 Å². The minimum Gasteiger partial charge on any atom is -0.478 e. The van der Waals surface area contributed by atoms with Gasteiger partial charge in [0.2, 0.25) is 0 Å². The number of carboxylic acids is 1. The molecule has 2 heterocycles.